The van der Waals surface area contributed by atoms with Crippen molar-refractivity contribution in [3.05, 3.63) is 39.7 Å². The second kappa shape index (κ2) is 8.21. The number of aliphatic hydroxyl groups excluding tert-OH is 1. The Labute approximate surface area is 165 Å². The third kappa shape index (κ3) is 4.00. The number of aliphatic hydroxyl groups is 1. The van der Waals surface area contributed by atoms with Crippen LogP contribution >= 0.6 is 12.4 Å². The molecule has 4 atom stereocenters. The van der Waals surface area contributed by atoms with E-state index in [1.54, 1.807) is 6.07 Å². The molecule has 0 radical (unpaired) electrons. The largest absolute Gasteiger partial charge is 0.487 e. The third-order valence-electron chi connectivity index (χ3n) is 5.82. The van der Waals surface area contributed by atoms with Crippen molar-refractivity contribution in [2.45, 2.75) is 51.7 Å². The van der Waals surface area contributed by atoms with Gasteiger partial charge in [-0.3, -0.25) is 0 Å². The molecule has 4 rings (SSSR count). The van der Waals surface area contributed by atoms with Crippen molar-refractivity contribution in [2.24, 2.45) is 11.8 Å². The Morgan fingerprint density at radius 3 is 2.70 bits per heavy atom. The van der Waals surface area contributed by atoms with Crippen LogP contribution in [0.15, 0.2) is 27.4 Å². The summed E-state index contributed by atoms with van der Waals surface area (Å²) in [7, 11) is 0. The molecule has 1 aromatic carbocycles. The summed E-state index contributed by atoms with van der Waals surface area (Å²) in [4.78, 5) is 11.9. The SMILES string of the molecule is CCCc1cc(=O)oc2cc(C)cc(O[C@@H]3C[C@@H]4CNC[C@@H]4C[C@H]3O)c12.Cl. The fourth-order valence-corrected chi connectivity index (χ4v) is 4.58. The lowest BCUT2D eigenvalue weighted by molar-refractivity contribution is -0.0225. The average Bonchev–Trinajstić information content (AvgIpc) is 3.01. The van der Waals surface area contributed by atoms with Gasteiger partial charge in [0.15, 0.2) is 0 Å². The molecule has 0 amide bonds. The topological polar surface area (TPSA) is 71.7 Å². The standard InChI is InChI=1S/C21H27NO4.ClH/c1-3-4-13-9-20(24)26-19-6-12(2)5-18(21(13)19)25-17-8-15-11-22-10-14(15)7-16(17)23;/h5-6,9,14-17,22-23H,3-4,7-8,10-11H2,1-2H3;1H/t14-,15+,16+,17+;/m0./s1. The number of rotatable bonds is 4. The monoisotopic (exact) mass is 393 g/mol. The van der Waals surface area contributed by atoms with E-state index in [1.165, 1.54) is 0 Å². The highest BCUT2D eigenvalue weighted by molar-refractivity contribution is 5.87. The molecule has 27 heavy (non-hydrogen) atoms. The minimum Gasteiger partial charge on any atom is -0.487 e. The molecule has 1 saturated heterocycles. The van der Waals surface area contributed by atoms with Gasteiger partial charge in [0.1, 0.15) is 17.4 Å². The molecule has 148 valence electrons. The zero-order chi connectivity index (χ0) is 18.3. The van der Waals surface area contributed by atoms with Crippen LogP contribution in [0.4, 0.5) is 0 Å². The van der Waals surface area contributed by atoms with Gasteiger partial charge in [-0.2, -0.15) is 0 Å². The van der Waals surface area contributed by atoms with Crippen LogP contribution in [0.3, 0.4) is 0 Å². The Bertz CT molecular complexity index is 865. The van der Waals surface area contributed by atoms with E-state index < -0.39 is 6.10 Å². The second-order valence-electron chi connectivity index (χ2n) is 7.85. The van der Waals surface area contributed by atoms with Crippen LogP contribution in [-0.2, 0) is 6.42 Å². The Kier molecular flexibility index (Phi) is 6.14. The lowest BCUT2D eigenvalue weighted by atomic mass is 9.78. The zero-order valence-electron chi connectivity index (χ0n) is 15.9. The maximum atomic E-state index is 11.9. The number of hydrogen-bond donors (Lipinski definition) is 2. The molecule has 1 aromatic heterocycles. The molecule has 0 bridgehead atoms. The van der Waals surface area contributed by atoms with Crippen LogP contribution in [0.1, 0.15) is 37.3 Å². The van der Waals surface area contributed by atoms with E-state index in [1.807, 2.05) is 19.1 Å². The number of halogens is 1. The number of ether oxygens (including phenoxy) is 1. The van der Waals surface area contributed by atoms with Crippen LogP contribution in [0.5, 0.6) is 5.75 Å². The zero-order valence-corrected chi connectivity index (χ0v) is 16.7. The quantitative estimate of drug-likeness (QED) is 0.780. The first-order chi connectivity index (χ1) is 12.5. The van der Waals surface area contributed by atoms with Crippen LogP contribution in [-0.4, -0.2) is 30.4 Å². The molecule has 5 nitrogen and oxygen atoms in total. The molecule has 2 aliphatic rings. The molecule has 1 aliphatic heterocycles. The maximum Gasteiger partial charge on any atom is 0.336 e. The van der Waals surface area contributed by atoms with E-state index >= 15 is 0 Å². The summed E-state index contributed by atoms with van der Waals surface area (Å²) < 4.78 is 11.8. The summed E-state index contributed by atoms with van der Waals surface area (Å²) >= 11 is 0. The molecule has 2 aromatic rings. The molecule has 2 N–H and O–H groups in total. The molecule has 2 fully saturated rings. The normalized spacial score (nSPS) is 27.2. The summed E-state index contributed by atoms with van der Waals surface area (Å²) in [5, 5.41) is 14.9. The molecular formula is C21H28ClNO4. The van der Waals surface area contributed by atoms with Crippen molar-refractivity contribution in [3.63, 3.8) is 0 Å². The average molecular weight is 394 g/mol. The van der Waals surface area contributed by atoms with Crippen LogP contribution in [0.25, 0.3) is 11.0 Å². The Morgan fingerprint density at radius 2 is 1.96 bits per heavy atom. The van der Waals surface area contributed by atoms with Gasteiger partial charge in [0.2, 0.25) is 0 Å². The number of benzene rings is 1. The van der Waals surface area contributed by atoms with E-state index in [9.17, 15) is 9.90 Å². The number of hydrogen-bond acceptors (Lipinski definition) is 5. The number of aryl methyl sites for hydroxylation is 2. The third-order valence-corrected chi connectivity index (χ3v) is 5.82. The molecule has 1 aliphatic carbocycles. The van der Waals surface area contributed by atoms with Gasteiger partial charge in [-0.25, -0.2) is 4.79 Å². The number of fused-ring (bicyclic) bond motifs is 2. The number of nitrogens with one attached hydrogen (secondary N) is 1. The molecule has 0 unspecified atom stereocenters. The minimum absolute atomic E-state index is 0. The van der Waals surface area contributed by atoms with Gasteiger partial charge in [-0.05, 0) is 74.4 Å². The van der Waals surface area contributed by atoms with Crippen LogP contribution in [0, 0.1) is 18.8 Å². The van der Waals surface area contributed by atoms with Crippen LogP contribution < -0.4 is 15.7 Å². The van der Waals surface area contributed by atoms with Gasteiger partial charge in [0.25, 0.3) is 0 Å². The Morgan fingerprint density at radius 1 is 1.22 bits per heavy atom. The van der Waals surface area contributed by atoms with Crippen molar-refractivity contribution in [1.29, 1.82) is 0 Å². The van der Waals surface area contributed by atoms with Crippen molar-refractivity contribution < 1.29 is 14.3 Å². The lowest BCUT2D eigenvalue weighted by Gasteiger charge is -2.35. The Hall–Kier alpha value is -1.56. The summed E-state index contributed by atoms with van der Waals surface area (Å²) in [6.07, 6.45) is 2.69. The van der Waals surface area contributed by atoms with Gasteiger partial charge in [-0.15, -0.1) is 12.4 Å². The first kappa shape index (κ1) is 20.2. The fourth-order valence-electron chi connectivity index (χ4n) is 4.58. The van der Waals surface area contributed by atoms with E-state index in [0.717, 1.165) is 61.0 Å². The van der Waals surface area contributed by atoms with Gasteiger partial charge >= 0.3 is 5.63 Å². The molecule has 2 heterocycles. The maximum absolute atomic E-state index is 11.9. The van der Waals surface area contributed by atoms with Crippen molar-refractivity contribution >= 4 is 23.4 Å². The van der Waals surface area contributed by atoms with Crippen molar-refractivity contribution in [2.75, 3.05) is 13.1 Å². The molecule has 0 spiro atoms. The van der Waals surface area contributed by atoms with Gasteiger partial charge in [-0.1, -0.05) is 13.3 Å². The lowest BCUT2D eigenvalue weighted by Crippen LogP contribution is -2.42. The van der Waals surface area contributed by atoms with E-state index in [0.29, 0.717) is 17.4 Å². The second-order valence-corrected chi connectivity index (χ2v) is 7.85. The first-order valence-electron chi connectivity index (χ1n) is 9.68. The van der Waals surface area contributed by atoms with Gasteiger partial charge in [0.05, 0.1) is 11.5 Å². The van der Waals surface area contributed by atoms with Crippen LogP contribution in [0.2, 0.25) is 0 Å². The first-order valence-corrected chi connectivity index (χ1v) is 9.68. The Balaban J connectivity index is 0.00000210. The highest BCUT2D eigenvalue weighted by Gasteiger charge is 2.40. The van der Waals surface area contributed by atoms with E-state index in [2.05, 4.69) is 12.2 Å². The van der Waals surface area contributed by atoms with E-state index in [4.69, 9.17) is 9.15 Å². The van der Waals surface area contributed by atoms with E-state index in [-0.39, 0.29) is 24.1 Å². The minimum atomic E-state index is -0.461. The smallest absolute Gasteiger partial charge is 0.336 e. The highest BCUT2D eigenvalue weighted by Crippen LogP contribution is 2.37. The summed E-state index contributed by atoms with van der Waals surface area (Å²) in [5.74, 6) is 1.83. The highest BCUT2D eigenvalue weighted by atomic mass is 35.5. The van der Waals surface area contributed by atoms with Crippen molar-refractivity contribution in [1.82, 2.24) is 5.32 Å². The predicted molar refractivity (Wildman–Crippen MR) is 108 cm³/mol. The molecular weight excluding hydrogens is 366 g/mol. The molecule has 1 saturated carbocycles. The summed E-state index contributed by atoms with van der Waals surface area (Å²) in [6, 6.07) is 5.45. The van der Waals surface area contributed by atoms with Gasteiger partial charge in [0, 0.05) is 6.07 Å². The summed E-state index contributed by atoms with van der Waals surface area (Å²) in [5.41, 5.74) is 2.19. The predicted octanol–water partition coefficient (Wildman–Crippen LogP) is 3.21. The molecule has 6 heteroatoms. The summed E-state index contributed by atoms with van der Waals surface area (Å²) in [6.45, 7) is 6.05. The fraction of sp³-hybridized carbons (Fsp3) is 0.571. The van der Waals surface area contributed by atoms with Gasteiger partial charge < -0.3 is 19.6 Å². The van der Waals surface area contributed by atoms with Crippen molar-refractivity contribution in [3.8, 4) is 5.75 Å².